The van der Waals surface area contributed by atoms with Gasteiger partial charge in [0.05, 0.1) is 5.69 Å². The van der Waals surface area contributed by atoms with Crippen LogP contribution >= 0.6 is 27.5 Å². The van der Waals surface area contributed by atoms with E-state index >= 15 is 0 Å². The maximum atomic E-state index is 11.3. The number of nitrogens with two attached hydrogens (primary N) is 1. The summed E-state index contributed by atoms with van der Waals surface area (Å²) in [6.07, 6.45) is 6.35. The van der Waals surface area contributed by atoms with Gasteiger partial charge in [-0.25, -0.2) is 0 Å². The van der Waals surface area contributed by atoms with Crippen molar-refractivity contribution in [2.45, 2.75) is 44.7 Å². The summed E-state index contributed by atoms with van der Waals surface area (Å²) in [5, 5.41) is 3.06. The van der Waals surface area contributed by atoms with E-state index in [1.165, 1.54) is 32.1 Å². The molecule has 0 aliphatic heterocycles. The van der Waals surface area contributed by atoms with Crippen molar-refractivity contribution in [2.75, 3.05) is 5.73 Å². The van der Waals surface area contributed by atoms with Gasteiger partial charge < -0.3 is 11.1 Å². The number of carbonyl (C=O) groups is 1. The Balaban J connectivity index is 2.08. The molecular formula is C14H18BrClN2O. The maximum absolute atomic E-state index is 11.3. The van der Waals surface area contributed by atoms with E-state index in [1.807, 2.05) is 0 Å². The minimum Gasteiger partial charge on any atom is -0.398 e. The van der Waals surface area contributed by atoms with Gasteiger partial charge in [0.15, 0.2) is 0 Å². The predicted molar refractivity (Wildman–Crippen MR) is 82.5 cm³/mol. The second-order valence-electron chi connectivity index (χ2n) is 5.02. The van der Waals surface area contributed by atoms with Crippen LogP contribution in [0.25, 0.3) is 0 Å². The Hall–Kier alpha value is -0.580. The van der Waals surface area contributed by atoms with Crippen LogP contribution < -0.4 is 11.1 Å². The molecular weight excluding hydrogens is 328 g/mol. The molecule has 0 aromatic heterocycles. The molecule has 0 amide bonds. The zero-order valence-corrected chi connectivity index (χ0v) is 13.1. The van der Waals surface area contributed by atoms with Crippen LogP contribution in [0.1, 0.15) is 48.0 Å². The van der Waals surface area contributed by atoms with Crippen LogP contribution in [0.15, 0.2) is 16.6 Å². The molecule has 19 heavy (non-hydrogen) atoms. The number of nitrogen functional groups attached to an aromatic ring is 1. The van der Waals surface area contributed by atoms with Gasteiger partial charge in [-0.1, -0.05) is 19.3 Å². The molecule has 104 valence electrons. The molecule has 1 saturated carbocycles. The molecule has 1 aliphatic rings. The summed E-state index contributed by atoms with van der Waals surface area (Å²) in [7, 11) is 0. The van der Waals surface area contributed by atoms with E-state index in [-0.39, 0.29) is 0 Å². The normalized spacial score (nSPS) is 16.5. The van der Waals surface area contributed by atoms with E-state index in [9.17, 15) is 4.79 Å². The molecule has 0 heterocycles. The molecule has 1 aliphatic carbocycles. The highest BCUT2D eigenvalue weighted by Crippen LogP contribution is 2.27. The van der Waals surface area contributed by atoms with Crippen molar-refractivity contribution in [3.63, 3.8) is 0 Å². The van der Waals surface area contributed by atoms with Crippen molar-refractivity contribution in [3.8, 4) is 0 Å². The lowest BCUT2D eigenvalue weighted by atomic mass is 9.95. The smallest absolute Gasteiger partial charge is 0.252 e. The fraction of sp³-hybridized carbons (Fsp3) is 0.500. The Morgan fingerprint density at radius 3 is 2.68 bits per heavy atom. The zero-order chi connectivity index (χ0) is 13.8. The highest BCUT2D eigenvalue weighted by atomic mass is 79.9. The molecule has 0 bridgehead atoms. The average molecular weight is 346 g/mol. The van der Waals surface area contributed by atoms with Crippen LogP contribution in [-0.4, -0.2) is 11.3 Å². The van der Waals surface area contributed by atoms with Gasteiger partial charge in [-0.15, -0.1) is 0 Å². The SMILES string of the molecule is Nc1c(Br)cc(C(=O)Cl)cc1CNC1CCCCC1. The lowest BCUT2D eigenvalue weighted by Crippen LogP contribution is -2.30. The Bertz CT molecular complexity index is 473. The average Bonchev–Trinajstić information content (AvgIpc) is 2.41. The van der Waals surface area contributed by atoms with E-state index < -0.39 is 5.24 Å². The lowest BCUT2D eigenvalue weighted by Gasteiger charge is -2.23. The maximum Gasteiger partial charge on any atom is 0.252 e. The van der Waals surface area contributed by atoms with Crippen LogP contribution in [0.2, 0.25) is 0 Å². The molecule has 1 fully saturated rings. The lowest BCUT2D eigenvalue weighted by molar-refractivity contribution is 0.108. The van der Waals surface area contributed by atoms with Crippen LogP contribution in [0.5, 0.6) is 0 Å². The Morgan fingerprint density at radius 1 is 1.37 bits per heavy atom. The second kappa shape index (κ2) is 6.73. The number of carbonyl (C=O) groups excluding carboxylic acids is 1. The number of hydrogen-bond acceptors (Lipinski definition) is 3. The summed E-state index contributed by atoms with van der Waals surface area (Å²) in [5.74, 6) is 0. The molecule has 5 heteroatoms. The molecule has 0 atom stereocenters. The van der Waals surface area contributed by atoms with Gasteiger partial charge in [0.25, 0.3) is 5.24 Å². The monoisotopic (exact) mass is 344 g/mol. The third-order valence-electron chi connectivity index (χ3n) is 3.63. The number of rotatable bonds is 4. The molecule has 3 N–H and O–H groups in total. The third-order valence-corrected chi connectivity index (χ3v) is 4.50. The summed E-state index contributed by atoms with van der Waals surface area (Å²) in [6, 6.07) is 3.99. The standard InChI is InChI=1S/C14H18BrClN2O/c15-12-7-9(14(16)19)6-10(13(12)17)8-18-11-4-2-1-3-5-11/h6-7,11,18H,1-5,8,17H2. The largest absolute Gasteiger partial charge is 0.398 e. The van der Waals surface area contributed by atoms with Gasteiger partial charge in [-0.05, 0) is 58.1 Å². The van der Waals surface area contributed by atoms with Crippen LogP contribution in [0.3, 0.4) is 0 Å². The second-order valence-corrected chi connectivity index (χ2v) is 6.22. The summed E-state index contributed by atoms with van der Waals surface area (Å²) >= 11 is 8.89. The van der Waals surface area contributed by atoms with Gasteiger partial charge in [-0.2, -0.15) is 0 Å². The van der Waals surface area contributed by atoms with E-state index in [1.54, 1.807) is 12.1 Å². The first-order valence-corrected chi connectivity index (χ1v) is 7.76. The van der Waals surface area contributed by atoms with Crippen LogP contribution in [-0.2, 0) is 6.54 Å². The van der Waals surface area contributed by atoms with Crippen molar-refractivity contribution in [1.82, 2.24) is 5.32 Å². The van der Waals surface area contributed by atoms with Crippen molar-refractivity contribution in [1.29, 1.82) is 0 Å². The van der Waals surface area contributed by atoms with Crippen molar-refractivity contribution in [2.24, 2.45) is 0 Å². The number of hydrogen-bond donors (Lipinski definition) is 2. The number of nitrogens with one attached hydrogen (secondary N) is 1. The highest BCUT2D eigenvalue weighted by molar-refractivity contribution is 9.10. The molecule has 0 spiro atoms. The number of halogens is 2. The fourth-order valence-electron chi connectivity index (χ4n) is 2.50. The fourth-order valence-corrected chi connectivity index (χ4v) is 3.11. The van der Waals surface area contributed by atoms with E-state index in [0.717, 1.165) is 10.0 Å². The molecule has 0 radical (unpaired) electrons. The zero-order valence-electron chi connectivity index (χ0n) is 10.7. The summed E-state index contributed by atoms with van der Waals surface area (Å²) in [6.45, 7) is 0.674. The number of anilines is 1. The van der Waals surface area contributed by atoms with E-state index in [4.69, 9.17) is 17.3 Å². The molecule has 0 unspecified atom stereocenters. The van der Waals surface area contributed by atoms with Crippen molar-refractivity contribution >= 4 is 38.5 Å². The van der Waals surface area contributed by atoms with Gasteiger partial charge in [0.1, 0.15) is 0 Å². The molecule has 0 saturated heterocycles. The Morgan fingerprint density at radius 2 is 2.05 bits per heavy atom. The molecule has 1 aromatic rings. The highest BCUT2D eigenvalue weighted by Gasteiger charge is 2.15. The summed E-state index contributed by atoms with van der Waals surface area (Å²) < 4.78 is 0.722. The van der Waals surface area contributed by atoms with E-state index in [2.05, 4.69) is 21.2 Å². The van der Waals surface area contributed by atoms with Gasteiger partial charge in [0, 0.05) is 22.6 Å². The first-order valence-electron chi connectivity index (χ1n) is 6.59. The van der Waals surface area contributed by atoms with Crippen LogP contribution in [0.4, 0.5) is 5.69 Å². The Labute approximate surface area is 127 Å². The van der Waals surface area contributed by atoms with Gasteiger partial charge in [0.2, 0.25) is 0 Å². The molecule has 2 rings (SSSR count). The Kier molecular flexibility index (Phi) is 5.25. The van der Waals surface area contributed by atoms with Gasteiger partial charge >= 0.3 is 0 Å². The molecule has 3 nitrogen and oxygen atoms in total. The van der Waals surface area contributed by atoms with Crippen LogP contribution in [0, 0.1) is 0 Å². The summed E-state index contributed by atoms with van der Waals surface area (Å²) in [5.41, 5.74) is 8.09. The first-order chi connectivity index (χ1) is 9.08. The number of benzene rings is 1. The summed E-state index contributed by atoms with van der Waals surface area (Å²) in [4.78, 5) is 11.3. The quantitative estimate of drug-likeness (QED) is 0.644. The first kappa shape index (κ1) is 14.8. The third kappa shape index (κ3) is 3.94. The minimum atomic E-state index is -0.459. The molecule has 1 aromatic carbocycles. The van der Waals surface area contributed by atoms with E-state index in [0.29, 0.717) is 23.8 Å². The topological polar surface area (TPSA) is 55.1 Å². The van der Waals surface area contributed by atoms with Crippen molar-refractivity contribution < 1.29 is 4.79 Å². The predicted octanol–water partition coefficient (Wildman–Crippen LogP) is 3.83. The minimum absolute atomic E-state index is 0.459. The van der Waals surface area contributed by atoms with Crippen molar-refractivity contribution in [3.05, 3.63) is 27.7 Å². The van der Waals surface area contributed by atoms with Gasteiger partial charge in [-0.3, -0.25) is 4.79 Å².